The largest absolute Gasteiger partial charge is 0.353 e. The molecule has 22 heavy (non-hydrogen) atoms. The van der Waals surface area contributed by atoms with E-state index in [0.717, 1.165) is 24.2 Å². The predicted octanol–water partition coefficient (Wildman–Crippen LogP) is 4.40. The molecule has 5 rings (SSSR count). The van der Waals surface area contributed by atoms with Crippen LogP contribution < -0.4 is 5.32 Å². The Bertz CT molecular complexity index is 500. The van der Waals surface area contributed by atoms with Gasteiger partial charge in [-0.25, -0.2) is 0 Å². The minimum absolute atomic E-state index is 0.245. The molecule has 4 saturated carbocycles. The van der Waals surface area contributed by atoms with Crippen LogP contribution in [0.4, 0.5) is 0 Å². The van der Waals surface area contributed by atoms with Crippen LogP contribution in [0.2, 0.25) is 0 Å². The molecule has 4 aliphatic rings. The van der Waals surface area contributed by atoms with Gasteiger partial charge < -0.3 is 5.32 Å². The van der Waals surface area contributed by atoms with Gasteiger partial charge in [-0.2, -0.15) is 11.3 Å². The molecule has 4 fully saturated rings. The third-order valence-electron chi connectivity index (χ3n) is 6.60. The van der Waals surface area contributed by atoms with Crippen molar-refractivity contribution in [1.82, 2.24) is 5.32 Å². The molecule has 0 aromatic carbocycles. The number of hydrogen-bond acceptors (Lipinski definition) is 2. The van der Waals surface area contributed by atoms with Gasteiger partial charge in [-0.1, -0.05) is 0 Å². The lowest BCUT2D eigenvalue weighted by atomic mass is 9.48. The Morgan fingerprint density at radius 1 is 1.27 bits per heavy atom. The van der Waals surface area contributed by atoms with Crippen LogP contribution in [-0.2, 0) is 11.2 Å². The SMILES string of the molecule is C[C@@H](NC(=O)CCc1ccsc1)C12CC3CC(CC(C3)C1)C2. The molecule has 1 heterocycles. The summed E-state index contributed by atoms with van der Waals surface area (Å²) in [5.41, 5.74) is 1.72. The van der Waals surface area contributed by atoms with Gasteiger partial charge in [0, 0.05) is 12.5 Å². The Hall–Kier alpha value is -0.830. The number of carbonyl (C=O) groups is 1. The summed E-state index contributed by atoms with van der Waals surface area (Å²) in [5.74, 6) is 3.11. The molecule has 1 atom stereocenters. The van der Waals surface area contributed by atoms with E-state index in [9.17, 15) is 4.79 Å². The highest BCUT2D eigenvalue weighted by Gasteiger charge is 2.53. The molecule has 4 bridgehead atoms. The van der Waals surface area contributed by atoms with E-state index in [1.165, 1.54) is 44.1 Å². The number of aryl methyl sites for hydroxylation is 1. The average molecular weight is 317 g/mol. The summed E-state index contributed by atoms with van der Waals surface area (Å²) in [4.78, 5) is 12.3. The fourth-order valence-corrected chi connectivity index (χ4v) is 6.57. The maximum absolute atomic E-state index is 12.3. The molecule has 120 valence electrons. The maximum Gasteiger partial charge on any atom is 0.220 e. The molecule has 2 nitrogen and oxygen atoms in total. The molecule has 1 aromatic heterocycles. The van der Waals surface area contributed by atoms with Crippen molar-refractivity contribution in [2.24, 2.45) is 23.2 Å². The lowest BCUT2D eigenvalue weighted by Gasteiger charge is -2.59. The van der Waals surface area contributed by atoms with Crippen LogP contribution in [0.15, 0.2) is 16.8 Å². The molecule has 0 unspecified atom stereocenters. The normalized spacial score (nSPS) is 37.2. The highest BCUT2D eigenvalue weighted by molar-refractivity contribution is 7.07. The van der Waals surface area contributed by atoms with E-state index in [0.29, 0.717) is 17.9 Å². The van der Waals surface area contributed by atoms with Crippen molar-refractivity contribution in [3.63, 3.8) is 0 Å². The molecule has 0 saturated heterocycles. The molecule has 1 amide bonds. The quantitative estimate of drug-likeness (QED) is 0.856. The number of nitrogens with one attached hydrogen (secondary N) is 1. The smallest absolute Gasteiger partial charge is 0.220 e. The van der Waals surface area contributed by atoms with Gasteiger partial charge in [0.25, 0.3) is 0 Å². The minimum Gasteiger partial charge on any atom is -0.353 e. The summed E-state index contributed by atoms with van der Waals surface area (Å²) >= 11 is 1.71. The van der Waals surface area contributed by atoms with E-state index < -0.39 is 0 Å². The zero-order chi connectivity index (χ0) is 15.2. The molecule has 3 heteroatoms. The van der Waals surface area contributed by atoms with Crippen molar-refractivity contribution in [2.75, 3.05) is 0 Å². The van der Waals surface area contributed by atoms with Gasteiger partial charge in [-0.05, 0) is 97.4 Å². The lowest BCUT2D eigenvalue weighted by molar-refractivity contribution is -0.125. The molecule has 0 radical (unpaired) electrons. The van der Waals surface area contributed by atoms with Crippen molar-refractivity contribution in [2.45, 2.75) is 64.3 Å². The van der Waals surface area contributed by atoms with Gasteiger partial charge in [0.1, 0.15) is 0 Å². The monoisotopic (exact) mass is 317 g/mol. The van der Waals surface area contributed by atoms with E-state index in [2.05, 4.69) is 29.1 Å². The van der Waals surface area contributed by atoms with E-state index >= 15 is 0 Å². The Morgan fingerprint density at radius 3 is 2.45 bits per heavy atom. The zero-order valence-electron chi connectivity index (χ0n) is 13.5. The Morgan fingerprint density at radius 2 is 1.91 bits per heavy atom. The molecule has 1 aromatic rings. The minimum atomic E-state index is 0.245. The second-order valence-corrected chi connectivity index (χ2v) is 8.98. The first-order valence-corrected chi connectivity index (χ1v) is 9.88. The van der Waals surface area contributed by atoms with Crippen LogP contribution in [0, 0.1) is 23.2 Å². The summed E-state index contributed by atoms with van der Waals surface area (Å²) in [6.07, 6.45) is 10.0. The Balaban J connectivity index is 1.35. The van der Waals surface area contributed by atoms with Crippen molar-refractivity contribution in [3.8, 4) is 0 Å². The molecular weight excluding hydrogens is 290 g/mol. The Kier molecular flexibility index (Phi) is 3.80. The fourth-order valence-electron chi connectivity index (χ4n) is 5.87. The highest BCUT2D eigenvalue weighted by Crippen LogP contribution is 2.61. The number of rotatable bonds is 5. The van der Waals surface area contributed by atoms with Gasteiger partial charge in [-0.15, -0.1) is 0 Å². The molecule has 0 aliphatic heterocycles. The highest BCUT2D eigenvalue weighted by atomic mass is 32.1. The number of thiophene rings is 1. The third kappa shape index (κ3) is 2.73. The van der Waals surface area contributed by atoms with Crippen LogP contribution >= 0.6 is 11.3 Å². The van der Waals surface area contributed by atoms with Crippen molar-refractivity contribution in [1.29, 1.82) is 0 Å². The van der Waals surface area contributed by atoms with Crippen LogP contribution in [0.1, 0.15) is 57.4 Å². The summed E-state index contributed by atoms with van der Waals surface area (Å²) < 4.78 is 0. The summed E-state index contributed by atoms with van der Waals surface area (Å²) in [7, 11) is 0. The molecular formula is C19H27NOS. The first kappa shape index (κ1) is 14.7. The van der Waals surface area contributed by atoms with Gasteiger partial charge in [0.15, 0.2) is 0 Å². The van der Waals surface area contributed by atoms with Crippen LogP contribution in [0.3, 0.4) is 0 Å². The van der Waals surface area contributed by atoms with E-state index in [1.54, 1.807) is 11.3 Å². The predicted molar refractivity (Wildman–Crippen MR) is 90.8 cm³/mol. The zero-order valence-corrected chi connectivity index (χ0v) is 14.3. The van der Waals surface area contributed by atoms with Crippen LogP contribution in [0.25, 0.3) is 0 Å². The summed E-state index contributed by atoms with van der Waals surface area (Å²) in [6.45, 7) is 2.27. The molecule has 0 spiro atoms. The standard InChI is InChI=1S/C19H27NOS/c1-13(20-18(21)3-2-14-4-5-22-12-14)19-9-15-6-16(10-19)8-17(7-15)11-19/h4-5,12-13,15-17H,2-3,6-11H2,1H3,(H,20,21)/t13-,15?,16?,17?,19?/m1/s1. The number of hydrogen-bond donors (Lipinski definition) is 1. The van der Waals surface area contributed by atoms with Gasteiger partial charge in [0.2, 0.25) is 5.91 Å². The summed E-state index contributed by atoms with van der Waals surface area (Å²) in [5, 5.41) is 7.60. The Labute approximate surface area is 137 Å². The number of amides is 1. The molecule has 4 aliphatic carbocycles. The molecule has 1 N–H and O–H groups in total. The van der Waals surface area contributed by atoms with Gasteiger partial charge >= 0.3 is 0 Å². The topological polar surface area (TPSA) is 29.1 Å². The summed E-state index contributed by atoms with van der Waals surface area (Å²) in [6, 6.07) is 2.48. The second kappa shape index (κ2) is 5.67. The first-order valence-electron chi connectivity index (χ1n) is 8.93. The third-order valence-corrected chi connectivity index (χ3v) is 7.33. The second-order valence-electron chi connectivity index (χ2n) is 8.20. The van der Waals surface area contributed by atoms with Crippen LogP contribution in [-0.4, -0.2) is 11.9 Å². The lowest BCUT2D eigenvalue weighted by Crippen LogP contribution is -2.55. The average Bonchev–Trinajstić information content (AvgIpc) is 2.97. The van der Waals surface area contributed by atoms with E-state index in [1.807, 2.05) is 0 Å². The first-order chi connectivity index (χ1) is 10.6. The van der Waals surface area contributed by atoms with Crippen molar-refractivity contribution in [3.05, 3.63) is 22.4 Å². The van der Waals surface area contributed by atoms with Crippen molar-refractivity contribution >= 4 is 17.2 Å². The van der Waals surface area contributed by atoms with Crippen molar-refractivity contribution < 1.29 is 4.79 Å². The van der Waals surface area contributed by atoms with Crippen LogP contribution in [0.5, 0.6) is 0 Å². The fraction of sp³-hybridized carbons (Fsp3) is 0.737. The van der Waals surface area contributed by atoms with Gasteiger partial charge in [0.05, 0.1) is 0 Å². The maximum atomic E-state index is 12.3. The number of carbonyl (C=O) groups excluding carboxylic acids is 1. The van der Waals surface area contributed by atoms with E-state index in [-0.39, 0.29) is 5.91 Å². The van der Waals surface area contributed by atoms with E-state index in [4.69, 9.17) is 0 Å². The van der Waals surface area contributed by atoms with Gasteiger partial charge in [-0.3, -0.25) is 4.79 Å².